The highest BCUT2D eigenvalue weighted by Gasteiger charge is 2.18. The Morgan fingerprint density at radius 3 is 2.62 bits per heavy atom. The second kappa shape index (κ2) is 6.55. The number of thioether (sulfide) groups is 1. The van der Waals surface area contributed by atoms with Gasteiger partial charge < -0.3 is 10.6 Å². The van der Waals surface area contributed by atoms with E-state index in [4.69, 9.17) is 5.73 Å². The maximum absolute atomic E-state index is 11.9. The van der Waals surface area contributed by atoms with E-state index in [9.17, 15) is 4.79 Å². The number of carbonyl (C=O) groups excluding carboxylic acids is 1. The summed E-state index contributed by atoms with van der Waals surface area (Å²) in [7, 11) is 1.79. The predicted octanol–water partition coefficient (Wildman–Crippen LogP) is 1.51. The van der Waals surface area contributed by atoms with Crippen molar-refractivity contribution in [3.05, 3.63) is 35.9 Å². The van der Waals surface area contributed by atoms with Gasteiger partial charge in [-0.25, -0.2) is 0 Å². The maximum Gasteiger partial charge on any atom is 0.243 e. The van der Waals surface area contributed by atoms with E-state index in [1.807, 2.05) is 36.6 Å². The molecular weight excluding hydrogens is 220 g/mol. The van der Waals surface area contributed by atoms with Crippen molar-refractivity contribution in [2.75, 3.05) is 25.6 Å². The zero-order chi connectivity index (χ0) is 12.0. The van der Waals surface area contributed by atoms with Crippen LogP contribution in [0.3, 0.4) is 0 Å². The summed E-state index contributed by atoms with van der Waals surface area (Å²) in [5.41, 5.74) is 6.78. The zero-order valence-electron chi connectivity index (χ0n) is 9.72. The number of nitrogens with two attached hydrogens (primary N) is 1. The molecule has 4 heteroatoms. The Balaban J connectivity index is 2.60. The Morgan fingerprint density at radius 2 is 2.06 bits per heavy atom. The first-order valence-electron chi connectivity index (χ1n) is 5.21. The van der Waals surface area contributed by atoms with Crippen molar-refractivity contribution in [2.24, 2.45) is 5.73 Å². The molecule has 0 aliphatic heterocycles. The number of rotatable bonds is 5. The highest BCUT2D eigenvalue weighted by atomic mass is 32.2. The van der Waals surface area contributed by atoms with Crippen molar-refractivity contribution in [3.63, 3.8) is 0 Å². The Bertz CT molecular complexity index is 329. The van der Waals surface area contributed by atoms with Crippen molar-refractivity contribution in [3.8, 4) is 0 Å². The van der Waals surface area contributed by atoms with Gasteiger partial charge in [0.05, 0.1) is 0 Å². The Morgan fingerprint density at radius 1 is 1.44 bits per heavy atom. The fourth-order valence-corrected chi connectivity index (χ4v) is 1.84. The molecule has 0 saturated heterocycles. The molecule has 0 aliphatic rings. The van der Waals surface area contributed by atoms with Crippen LogP contribution in [0.1, 0.15) is 11.6 Å². The second-order valence-corrected chi connectivity index (χ2v) is 4.63. The highest BCUT2D eigenvalue weighted by Crippen LogP contribution is 2.12. The number of hydrogen-bond acceptors (Lipinski definition) is 3. The summed E-state index contributed by atoms with van der Waals surface area (Å²) >= 11 is 1.72. The van der Waals surface area contributed by atoms with E-state index in [1.165, 1.54) is 0 Å². The molecule has 0 unspecified atom stereocenters. The van der Waals surface area contributed by atoms with Gasteiger partial charge in [0.2, 0.25) is 5.91 Å². The molecule has 0 aromatic heterocycles. The smallest absolute Gasteiger partial charge is 0.243 e. The molecule has 0 heterocycles. The minimum Gasteiger partial charge on any atom is -0.343 e. The third-order valence-corrected chi connectivity index (χ3v) is 3.02. The molecule has 1 aromatic rings. The topological polar surface area (TPSA) is 46.3 Å². The standard InChI is InChI=1S/C12H18N2OS/c1-14(8-9-16-2)12(15)11(13)10-6-4-3-5-7-10/h3-7,11H,8-9,13H2,1-2H3/t11-/m1/s1. The third kappa shape index (κ3) is 3.54. The lowest BCUT2D eigenvalue weighted by atomic mass is 10.1. The van der Waals surface area contributed by atoms with Crippen molar-refractivity contribution in [1.82, 2.24) is 4.90 Å². The highest BCUT2D eigenvalue weighted by molar-refractivity contribution is 7.98. The monoisotopic (exact) mass is 238 g/mol. The van der Waals surface area contributed by atoms with E-state index in [0.29, 0.717) is 0 Å². The number of amides is 1. The van der Waals surface area contributed by atoms with Crippen LogP contribution in [-0.2, 0) is 4.79 Å². The number of hydrogen-bond donors (Lipinski definition) is 1. The Labute approximate surface area is 101 Å². The lowest BCUT2D eigenvalue weighted by Gasteiger charge is -2.21. The summed E-state index contributed by atoms with van der Waals surface area (Å²) in [6.45, 7) is 0.737. The molecule has 0 fully saturated rings. The first kappa shape index (κ1) is 13.1. The van der Waals surface area contributed by atoms with Gasteiger partial charge in [0.15, 0.2) is 0 Å². The van der Waals surface area contributed by atoms with Gasteiger partial charge in [-0.2, -0.15) is 11.8 Å². The number of nitrogens with zero attached hydrogens (tertiary/aromatic N) is 1. The molecule has 0 saturated carbocycles. The molecule has 0 bridgehead atoms. The largest absolute Gasteiger partial charge is 0.343 e. The lowest BCUT2D eigenvalue weighted by molar-refractivity contribution is -0.131. The van der Waals surface area contributed by atoms with E-state index < -0.39 is 6.04 Å². The van der Waals surface area contributed by atoms with Crippen LogP contribution in [0.15, 0.2) is 30.3 Å². The maximum atomic E-state index is 11.9. The minimum absolute atomic E-state index is 0.0275. The molecule has 1 atom stereocenters. The van der Waals surface area contributed by atoms with Gasteiger partial charge in [0.25, 0.3) is 0 Å². The zero-order valence-corrected chi connectivity index (χ0v) is 10.5. The summed E-state index contributed by atoms with van der Waals surface area (Å²) < 4.78 is 0. The molecular formula is C12H18N2OS. The second-order valence-electron chi connectivity index (χ2n) is 3.64. The molecule has 1 rings (SSSR count). The molecule has 1 aromatic carbocycles. The van der Waals surface area contributed by atoms with E-state index in [2.05, 4.69) is 0 Å². The van der Waals surface area contributed by atoms with Crippen LogP contribution in [0.25, 0.3) is 0 Å². The fraction of sp³-hybridized carbons (Fsp3) is 0.417. The lowest BCUT2D eigenvalue weighted by Crippen LogP contribution is -2.37. The molecule has 0 spiro atoms. The minimum atomic E-state index is -0.548. The molecule has 1 amide bonds. The van der Waals surface area contributed by atoms with Crippen molar-refractivity contribution in [2.45, 2.75) is 6.04 Å². The van der Waals surface area contributed by atoms with Gasteiger partial charge >= 0.3 is 0 Å². The van der Waals surface area contributed by atoms with Gasteiger partial charge in [0.1, 0.15) is 6.04 Å². The van der Waals surface area contributed by atoms with Crippen LogP contribution >= 0.6 is 11.8 Å². The summed E-state index contributed by atoms with van der Waals surface area (Å²) in [5, 5.41) is 0. The Kier molecular flexibility index (Phi) is 5.35. The van der Waals surface area contributed by atoms with Crippen LogP contribution in [0.4, 0.5) is 0 Å². The van der Waals surface area contributed by atoms with Gasteiger partial charge in [0, 0.05) is 19.3 Å². The van der Waals surface area contributed by atoms with Crippen LogP contribution in [0, 0.1) is 0 Å². The normalized spacial score (nSPS) is 12.2. The van der Waals surface area contributed by atoms with E-state index in [0.717, 1.165) is 17.9 Å². The predicted molar refractivity (Wildman–Crippen MR) is 69.4 cm³/mol. The van der Waals surface area contributed by atoms with E-state index in [1.54, 1.807) is 23.7 Å². The average molecular weight is 238 g/mol. The van der Waals surface area contributed by atoms with Crippen LogP contribution in [0.2, 0.25) is 0 Å². The molecule has 3 nitrogen and oxygen atoms in total. The quantitative estimate of drug-likeness (QED) is 0.845. The molecule has 2 N–H and O–H groups in total. The summed E-state index contributed by atoms with van der Waals surface area (Å²) in [6, 6.07) is 8.91. The van der Waals surface area contributed by atoms with Crippen LogP contribution < -0.4 is 5.73 Å². The van der Waals surface area contributed by atoms with Gasteiger partial charge in [-0.15, -0.1) is 0 Å². The fourth-order valence-electron chi connectivity index (χ4n) is 1.38. The summed E-state index contributed by atoms with van der Waals surface area (Å²) in [4.78, 5) is 13.6. The number of carbonyl (C=O) groups is 1. The van der Waals surface area contributed by atoms with Gasteiger partial charge in [-0.05, 0) is 11.8 Å². The van der Waals surface area contributed by atoms with Crippen LogP contribution in [-0.4, -0.2) is 36.4 Å². The van der Waals surface area contributed by atoms with Crippen molar-refractivity contribution < 1.29 is 4.79 Å². The van der Waals surface area contributed by atoms with E-state index >= 15 is 0 Å². The third-order valence-electron chi connectivity index (χ3n) is 2.43. The number of benzene rings is 1. The molecule has 88 valence electrons. The van der Waals surface area contributed by atoms with Gasteiger partial charge in [-0.3, -0.25) is 4.79 Å². The van der Waals surface area contributed by atoms with Crippen molar-refractivity contribution >= 4 is 17.7 Å². The molecule has 16 heavy (non-hydrogen) atoms. The van der Waals surface area contributed by atoms with Crippen molar-refractivity contribution in [1.29, 1.82) is 0 Å². The SMILES string of the molecule is CSCCN(C)C(=O)[C@H](N)c1ccccc1. The molecule has 0 aliphatic carbocycles. The molecule has 0 radical (unpaired) electrons. The van der Waals surface area contributed by atoms with Crippen LogP contribution in [0.5, 0.6) is 0 Å². The number of likely N-dealkylation sites (N-methyl/N-ethyl adjacent to an activating group) is 1. The van der Waals surface area contributed by atoms with E-state index in [-0.39, 0.29) is 5.91 Å². The summed E-state index contributed by atoms with van der Waals surface area (Å²) in [5.74, 6) is 0.907. The summed E-state index contributed by atoms with van der Waals surface area (Å²) in [6.07, 6.45) is 2.02. The first-order valence-corrected chi connectivity index (χ1v) is 6.60. The Hall–Kier alpha value is -1.00. The first-order chi connectivity index (χ1) is 7.66. The van der Waals surface area contributed by atoms with Gasteiger partial charge in [-0.1, -0.05) is 30.3 Å². The average Bonchev–Trinajstić information content (AvgIpc) is 2.35.